The molecule has 0 radical (unpaired) electrons. The third-order valence-electron chi connectivity index (χ3n) is 2.58. The minimum Gasteiger partial charge on any atom is -0.351 e. The monoisotopic (exact) mass is 299 g/mol. The van der Waals surface area contributed by atoms with E-state index in [0.717, 1.165) is 24.1 Å². The molecule has 0 aliphatic heterocycles. The summed E-state index contributed by atoms with van der Waals surface area (Å²) in [6.07, 6.45) is 3.23. The largest absolute Gasteiger partial charge is 0.351 e. The van der Waals surface area contributed by atoms with E-state index in [1.54, 1.807) is 18.5 Å². The number of nitrogens with one attached hydrogen (secondary N) is 1. The molecule has 94 valence electrons. The molecule has 0 saturated carbocycles. The predicted molar refractivity (Wildman–Crippen MR) is 72.1 cm³/mol. The van der Waals surface area contributed by atoms with Crippen molar-refractivity contribution in [2.75, 3.05) is 26.2 Å². The van der Waals surface area contributed by atoms with Crippen LogP contribution >= 0.6 is 15.9 Å². The second kappa shape index (κ2) is 7.40. The first-order chi connectivity index (χ1) is 8.17. The number of hydrogen-bond acceptors (Lipinski definition) is 3. The smallest absolute Gasteiger partial charge is 0.252 e. The molecule has 0 saturated heterocycles. The zero-order valence-electron chi connectivity index (χ0n) is 10.2. The molecule has 0 aromatic carbocycles. The highest BCUT2D eigenvalue weighted by atomic mass is 79.9. The van der Waals surface area contributed by atoms with Crippen LogP contribution in [0.5, 0.6) is 0 Å². The zero-order valence-corrected chi connectivity index (χ0v) is 11.8. The molecule has 0 aliphatic carbocycles. The Kier molecular flexibility index (Phi) is 6.15. The fourth-order valence-electron chi connectivity index (χ4n) is 1.51. The summed E-state index contributed by atoms with van der Waals surface area (Å²) >= 11 is 3.29. The number of nitrogens with zero attached hydrogens (tertiary/aromatic N) is 2. The Labute approximate surface area is 111 Å². The molecular formula is C12H18BrN3O. The molecule has 0 fully saturated rings. The maximum absolute atomic E-state index is 11.8. The lowest BCUT2D eigenvalue weighted by Crippen LogP contribution is -2.34. The van der Waals surface area contributed by atoms with Gasteiger partial charge < -0.3 is 10.2 Å². The third kappa shape index (κ3) is 4.83. The quantitative estimate of drug-likeness (QED) is 0.873. The lowest BCUT2D eigenvalue weighted by molar-refractivity contribution is 0.0948. The average Bonchev–Trinajstić information content (AvgIpc) is 2.34. The molecule has 1 aromatic heterocycles. The van der Waals surface area contributed by atoms with Crippen molar-refractivity contribution in [1.29, 1.82) is 0 Å². The van der Waals surface area contributed by atoms with E-state index in [2.05, 4.69) is 45.0 Å². The van der Waals surface area contributed by atoms with E-state index in [4.69, 9.17) is 0 Å². The zero-order chi connectivity index (χ0) is 12.7. The van der Waals surface area contributed by atoms with E-state index in [0.29, 0.717) is 12.1 Å². The van der Waals surface area contributed by atoms with Crippen molar-refractivity contribution < 1.29 is 4.79 Å². The highest BCUT2D eigenvalue weighted by Crippen LogP contribution is 2.09. The van der Waals surface area contributed by atoms with Gasteiger partial charge in [0.15, 0.2) is 0 Å². The van der Waals surface area contributed by atoms with Crippen LogP contribution in [0.1, 0.15) is 24.2 Å². The highest BCUT2D eigenvalue weighted by Gasteiger charge is 2.06. The second-order valence-electron chi connectivity index (χ2n) is 3.67. The van der Waals surface area contributed by atoms with E-state index in [1.807, 2.05) is 0 Å². The highest BCUT2D eigenvalue weighted by molar-refractivity contribution is 9.10. The van der Waals surface area contributed by atoms with Crippen molar-refractivity contribution in [3.05, 3.63) is 28.5 Å². The summed E-state index contributed by atoms with van der Waals surface area (Å²) in [5.41, 5.74) is 0.582. The van der Waals surface area contributed by atoms with Crippen LogP contribution < -0.4 is 5.32 Å². The first-order valence-corrected chi connectivity index (χ1v) is 6.57. The Morgan fingerprint density at radius 3 is 2.71 bits per heavy atom. The number of amides is 1. The molecule has 1 aromatic rings. The van der Waals surface area contributed by atoms with Crippen LogP contribution in [0.15, 0.2) is 22.9 Å². The van der Waals surface area contributed by atoms with Gasteiger partial charge in [-0.25, -0.2) is 0 Å². The maximum Gasteiger partial charge on any atom is 0.252 e. The maximum atomic E-state index is 11.8. The summed E-state index contributed by atoms with van der Waals surface area (Å²) in [7, 11) is 0. The minimum absolute atomic E-state index is 0.0778. The van der Waals surface area contributed by atoms with Gasteiger partial charge >= 0.3 is 0 Å². The molecule has 0 bridgehead atoms. The fraction of sp³-hybridized carbons (Fsp3) is 0.500. The number of carbonyl (C=O) groups is 1. The molecule has 0 unspecified atom stereocenters. The first kappa shape index (κ1) is 14.1. The molecule has 0 spiro atoms. The summed E-state index contributed by atoms with van der Waals surface area (Å²) < 4.78 is 0.814. The number of rotatable bonds is 6. The van der Waals surface area contributed by atoms with Crippen LogP contribution in [-0.2, 0) is 0 Å². The van der Waals surface area contributed by atoms with Crippen LogP contribution in [0.3, 0.4) is 0 Å². The average molecular weight is 300 g/mol. The number of halogens is 1. The first-order valence-electron chi connectivity index (χ1n) is 5.78. The molecule has 17 heavy (non-hydrogen) atoms. The standard InChI is InChI=1S/C12H18BrN3O/c1-3-16(4-2)6-5-15-12(17)10-7-11(13)9-14-8-10/h7-9H,3-6H2,1-2H3,(H,15,17). The third-order valence-corrected chi connectivity index (χ3v) is 3.01. The Hall–Kier alpha value is -0.940. The Balaban J connectivity index is 2.40. The summed E-state index contributed by atoms with van der Waals surface area (Å²) in [4.78, 5) is 18.0. The van der Waals surface area contributed by atoms with Gasteiger partial charge in [0, 0.05) is 30.0 Å². The van der Waals surface area contributed by atoms with Gasteiger partial charge in [0.1, 0.15) is 0 Å². The van der Waals surface area contributed by atoms with Gasteiger partial charge in [-0.2, -0.15) is 0 Å². The van der Waals surface area contributed by atoms with E-state index < -0.39 is 0 Å². The molecular weight excluding hydrogens is 282 g/mol. The lowest BCUT2D eigenvalue weighted by Gasteiger charge is -2.17. The number of aromatic nitrogens is 1. The van der Waals surface area contributed by atoms with Gasteiger partial charge in [0.2, 0.25) is 0 Å². The summed E-state index contributed by atoms with van der Waals surface area (Å²) in [6.45, 7) is 7.77. The fourth-order valence-corrected chi connectivity index (χ4v) is 1.87. The summed E-state index contributed by atoms with van der Waals surface area (Å²) in [5.74, 6) is -0.0778. The van der Waals surface area contributed by atoms with Gasteiger partial charge in [-0.15, -0.1) is 0 Å². The van der Waals surface area contributed by atoms with Crippen LogP contribution in [0.4, 0.5) is 0 Å². The molecule has 1 heterocycles. The molecule has 5 heteroatoms. The molecule has 1 rings (SSSR count). The molecule has 0 aliphatic rings. The molecule has 4 nitrogen and oxygen atoms in total. The molecule has 1 N–H and O–H groups in total. The van der Waals surface area contributed by atoms with Gasteiger partial charge in [-0.1, -0.05) is 13.8 Å². The van der Waals surface area contributed by atoms with Gasteiger partial charge in [-0.3, -0.25) is 9.78 Å². The van der Waals surface area contributed by atoms with Gasteiger partial charge in [-0.05, 0) is 35.1 Å². The van der Waals surface area contributed by atoms with Gasteiger partial charge in [0.25, 0.3) is 5.91 Å². The number of pyridine rings is 1. The van der Waals surface area contributed by atoms with Crippen LogP contribution in [0.25, 0.3) is 0 Å². The summed E-state index contributed by atoms with van der Waals surface area (Å²) in [5, 5.41) is 2.88. The van der Waals surface area contributed by atoms with E-state index in [9.17, 15) is 4.79 Å². The lowest BCUT2D eigenvalue weighted by atomic mass is 10.3. The van der Waals surface area contributed by atoms with Crippen molar-refractivity contribution in [3.63, 3.8) is 0 Å². The number of hydrogen-bond donors (Lipinski definition) is 1. The number of carbonyl (C=O) groups excluding carboxylic acids is 1. The van der Waals surface area contributed by atoms with E-state index in [1.165, 1.54) is 0 Å². The van der Waals surface area contributed by atoms with Crippen LogP contribution in [-0.4, -0.2) is 42.0 Å². The predicted octanol–water partition coefficient (Wildman–Crippen LogP) is 1.92. The van der Waals surface area contributed by atoms with Crippen molar-refractivity contribution in [3.8, 4) is 0 Å². The normalized spacial score (nSPS) is 10.6. The molecule has 1 amide bonds. The SMILES string of the molecule is CCN(CC)CCNC(=O)c1cncc(Br)c1. The van der Waals surface area contributed by atoms with Crippen molar-refractivity contribution in [2.24, 2.45) is 0 Å². The van der Waals surface area contributed by atoms with Crippen molar-refractivity contribution >= 4 is 21.8 Å². The Morgan fingerprint density at radius 1 is 1.41 bits per heavy atom. The van der Waals surface area contributed by atoms with E-state index >= 15 is 0 Å². The molecule has 0 atom stereocenters. The van der Waals surface area contributed by atoms with Crippen molar-refractivity contribution in [1.82, 2.24) is 15.2 Å². The second-order valence-corrected chi connectivity index (χ2v) is 4.59. The van der Waals surface area contributed by atoms with Gasteiger partial charge in [0.05, 0.1) is 5.56 Å². The summed E-state index contributed by atoms with van der Waals surface area (Å²) in [6, 6.07) is 1.76. The van der Waals surface area contributed by atoms with Crippen LogP contribution in [0, 0.1) is 0 Å². The minimum atomic E-state index is -0.0778. The van der Waals surface area contributed by atoms with Crippen LogP contribution in [0.2, 0.25) is 0 Å². The Bertz CT molecular complexity index is 367. The van der Waals surface area contributed by atoms with E-state index in [-0.39, 0.29) is 5.91 Å². The Morgan fingerprint density at radius 2 is 2.12 bits per heavy atom. The van der Waals surface area contributed by atoms with Crippen molar-refractivity contribution in [2.45, 2.75) is 13.8 Å². The topological polar surface area (TPSA) is 45.2 Å². The number of likely N-dealkylation sites (N-methyl/N-ethyl adjacent to an activating group) is 1.